The molecule has 3 amide bonds. The van der Waals surface area contributed by atoms with Crippen LogP contribution in [0.5, 0.6) is 5.75 Å². The van der Waals surface area contributed by atoms with E-state index in [0.29, 0.717) is 0 Å². The van der Waals surface area contributed by atoms with Crippen LogP contribution in [0.15, 0.2) is 65.9 Å². The first kappa shape index (κ1) is 34.4. The van der Waals surface area contributed by atoms with E-state index in [2.05, 4.69) is 41.3 Å². The number of fused-ring (bicyclic) bond motifs is 1. The number of amides is 3. The van der Waals surface area contributed by atoms with E-state index in [-0.39, 0.29) is 18.6 Å². The summed E-state index contributed by atoms with van der Waals surface area (Å²) in [5.74, 6) is -1.13. The van der Waals surface area contributed by atoms with Crippen LogP contribution in [0.2, 0.25) is 0 Å². The zero-order valence-electron chi connectivity index (χ0n) is 25.6. The Morgan fingerprint density at radius 2 is 1.96 bits per heavy atom. The predicted octanol–water partition coefficient (Wildman–Crippen LogP) is 4.52. The van der Waals surface area contributed by atoms with Gasteiger partial charge in [-0.3, -0.25) is 24.3 Å². The molecule has 3 N–H and O–H groups in total. The molecule has 7 atom stereocenters. The number of azide groups is 1. The Kier molecular flexibility index (Phi) is 10.6. The number of imide groups is 1. The lowest BCUT2D eigenvalue weighted by Gasteiger charge is -2.44. The van der Waals surface area contributed by atoms with Crippen LogP contribution in [0.1, 0.15) is 18.9 Å². The number of carbonyl (C=O) groups excluding carboxylic acids is 3. The number of urea groups is 1. The fraction of sp³-hybridized carbons (Fsp3) is 0.414. The molecule has 1 aromatic heterocycles. The van der Waals surface area contributed by atoms with Crippen LogP contribution in [-0.2, 0) is 39.3 Å². The maximum atomic E-state index is 14.4. The Morgan fingerprint density at radius 1 is 1.23 bits per heavy atom. The quantitative estimate of drug-likeness (QED) is 0.0559. The van der Waals surface area contributed by atoms with Gasteiger partial charge in [0.2, 0.25) is 5.91 Å². The number of carbonyl (C=O) groups is 3. The topological polar surface area (TPSA) is 206 Å². The van der Waals surface area contributed by atoms with E-state index in [9.17, 15) is 24.5 Å². The number of aromatic amines is 1. The number of ether oxygens (including phenoxy) is 3. The summed E-state index contributed by atoms with van der Waals surface area (Å²) in [5, 5.41) is 9.68. The minimum atomic E-state index is -4.40. The number of rotatable bonds is 13. The van der Waals surface area contributed by atoms with Crippen molar-refractivity contribution in [3.63, 3.8) is 0 Å². The van der Waals surface area contributed by atoms with Crippen molar-refractivity contribution in [1.29, 1.82) is 0 Å². The van der Waals surface area contributed by atoms with Crippen molar-refractivity contribution in [3.05, 3.63) is 76.8 Å². The Morgan fingerprint density at radius 3 is 2.66 bits per heavy atom. The summed E-state index contributed by atoms with van der Waals surface area (Å²) in [5.41, 5.74) is 10.9. The van der Waals surface area contributed by atoms with Gasteiger partial charge in [-0.05, 0) is 36.2 Å². The molecule has 3 aromatic rings. The number of methoxy groups -OCH3 is 2. The maximum Gasteiger partial charge on any atom is 0.459 e. The van der Waals surface area contributed by atoms with Crippen LogP contribution in [0.25, 0.3) is 21.3 Å². The van der Waals surface area contributed by atoms with Gasteiger partial charge in [0.05, 0.1) is 25.9 Å². The molecule has 250 valence electrons. The Hall–Kier alpha value is -3.95. The monoisotopic (exact) mass is 733 g/mol. The molecule has 0 saturated carbocycles. The summed E-state index contributed by atoms with van der Waals surface area (Å²) in [7, 11) is -1.85. The molecular weight excluding hydrogens is 701 g/mol. The predicted molar refractivity (Wildman–Crippen MR) is 171 cm³/mol. The second kappa shape index (κ2) is 14.4. The number of para-hydroxylation sites is 2. The number of benzene rings is 2. The molecule has 3 heterocycles. The number of alkyl halides is 1. The van der Waals surface area contributed by atoms with Gasteiger partial charge < -0.3 is 23.7 Å². The zero-order chi connectivity index (χ0) is 33.8. The summed E-state index contributed by atoms with van der Waals surface area (Å²) >= 11 is 3.33. The van der Waals surface area contributed by atoms with Crippen LogP contribution >= 0.6 is 23.7 Å². The molecule has 0 spiro atoms. The van der Waals surface area contributed by atoms with Crippen molar-refractivity contribution >= 4 is 52.5 Å². The van der Waals surface area contributed by atoms with E-state index in [1.165, 1.54) is 26.0 Å². The van der Waals surface area contributed by atoms with Gasteiger partial charge in [-0.15, -0.1) is 0 Å². The number of nitrogens with one attached hydrogen (secondary N) is 3. The van der Waals surface area contributed by atoms with Gasteiger partial charge in [-0.2, -0.15) is 5.09 Å². The minimum absolute atomic E-state index is 0.00522. The molecule has 2 aromatic carbocycles. The third-order valence-corrected chi connectivity index (χ3v) is 10.1. The normalized spacial score (nSPS) is 26.3. The van der Waals surface area contributed by atoms with Crippen LogP contribution in [0.4, 0.5) is 4.79 Å². The van der Waals surface area contributed by atoms with Gasteiger partial charge in [0.1, 0.15) is 22.3 Å². The molecule has 2 aliphatic heterocycles. The SMILES string of the molecule is COC(=O)[C@H](Cc1c[nH]c2ccccc12)NP(=O)(OC[C@H]1O[C@@H](N2C(=O)NC(=O)C(C)(Br)C2OC)C[C@@H]1N=[N+]=[N-])Oc1ccccc1. The summed E-state index contributed by atoms with van der Waals surface area (Å²) in [4.78, 5) is 45.6. The number of hydrogen-bond donors (Lipinski definition) is 3. The molecule has 0 aliphatic carbocycles. The third kappa shape index (κ3) is 7.47. The average Bonchev–Trinajstić information content (AvgIpc) is 3.65. The van der Waals surface area contributed by atoms with Crippen LogP contribution < -0.4 is 14.9 Å². The second-order valence-corrected chi connectivity index (χ2v) is 14.3. The first-order chi connectivity index (χ1) is 22.5. The van der Waals surface area contributed by atoms with E-state index in [0.717, 1.165) is 16.5 Å². The van der Waals surface area contributed by atoms with Gasteiger partial charge in [0.25, 0.3) is 0 Å². The number of esters is 1. The number of aromatic nitrogens is 1. The Labute approximate surface area is 277 Å². The van der Waals surface area contributed by atoms with Crippen LogP contribution in [-0.4, -0.2) is 83.6 Å². The highest BCUT2D eigenvalue weighted by molar-refractivity contribution is 9.10. The highest BCUT2D eigenvalue weighted by Crippen LogP contribution is 2.46. The number of halogens is 1. The van der Waals surface area contributed by atoms with Crippen molar-refractivity contribution in [2.24, 2.45) is 5.11 Å². The highest BCUT2D eigenvalue weighted by Gasteiger charge is 2.54. The summed E-state index contributed by atoms with van der Waals surface area (Å²) in [6.07, 6.45) is -1.32. The van der Waals surface area contributed by atoms with E-state index >= 15 is 0 Å². The minimum Gasteiger partial charge on any atom is -0.468 e. The summed E-state index contributed by atoms with van der Waals surface area (Å²) < 4.78 is 41.4. The average molecular weight is 735 g/mol. The summed E-state index contributed by atoms with van der Waals surface area (Å²) in [6, 6.07) is 12.9. The Bertz CT molecular complexity index is 1720. The van der Waals surface area contributed by atoms with Crippen molar-refractivity contribution in [3.8, 4) is 5.75 Å². The molecule has 16 nitrogen and oxygen atoms in total. The van der Waals surface area contributed by atoms with E-state index in [1.807, 2.05) is 24.3 Å². The lowest BCUT2D eigenvalue weighted by atomic mass is 10.0. The molecule has 2 fully saturated rings. The van der Waals surface area contributed by atoms with Crippen molar-refractivity contribution in [1.82, 2.24) is 20.3 Å². The van der Waals surface area contributed by atoms with Crippen molar-refractivity contribution in [2.45, 2.75) is 54.7 Å². The maximum absolute atomic E-state index is 14.4. The van der Waals surface area contributed by atoms with Crippen molar-refractivity contribution < 1.29 is 42.2 Å². The van der Waals surface area contributed by atoms with Gasteiger partial charge in [0, 0.05) is 42.0 Å². The van der Waals surface area contributed by atoms with Gasteiger partial charge in [-0.1, -0.05) is 57.4 Å². The first-order valence-corrected chi connectivity index (χ1v) is 16.8. The van der Waals surface area contributed by atoms with Crippen LogP contribution in [0.3, 0.4) is 0 Å². The second-order valence-electron chi connectivity index (χ2n) is 10.9. The highest BCUT2D eigenvalue weighted by atomic mass is 79.9. The molecule has 0 bridgehead atoms. The van der Waals surface area contributed by atoms with E-state index in [1.54, 1.807) is 36.5 Å². The fourth-order valence-corrected chi connectivity index (χ4v) is 7.53. The molecule has 47 heavy (non-hydrogen) atoms. The largest absolute Gasteiger partial charge is 0.468 e. The molecule has 2 saturated heterocycles. The molecule has 0 radical (unpaired) electrons. The molecule has 5 rings (SSSR count). The van der Waals surface area contributed by atoms with Gasteiger partial charge in [-0.25, -0.2) is 9.36 Å². The smallest absolute Gasteiger partial charge is 0.459 e. The standard InChI is InChI=1S/C29H33BrN7O9P/c1-29(30)26(39)33-28(40)37(27(29)43-3)24-14-21(34-36-31)23(45-24)16-44-47(41,46-18-9-5-4-6-10-18)35-22(25(38)42-2)13-17-15-32-20-12-8-7-11-19(17)20/h4-12,15,21-24,27,32H,13-14,16H2,1-3H3,(H,35,41)(H,33,39,40)/t21-,22-,23+,24+,27?,29?,47?/m0/s1. The zero-order valence-corrected chi connectivity index (χ0v) is 28.1. The number of H-pyrrole nitrogens is 1. The number of nitrogens with zero attached hydrogens (tertiary/aromatic N) is 4. The van der Waals surface area contributed by atoms with Crippen LogP contribution in [0, 0.1) is 0 Å². The Balaban J connectivity index is 1.39. The molecule has 3 unspecified atom stereocenters. The van der Waals surface area contributed by atoms with Crippen molar-refractivity contribution in [2.75, 3.05) is 20.8 Å². The lowest BCUT2D eigenvalue weighted by molar-refractivity contribution is -0.152. The first-order valence-electron chi connectivity index (χ1n) is 14.4. The summed E-state index contributed by atoms with van der Waals surface area (Å²) in [6.45, 7) is 1.09. The molecular formula is C29H33BrN7O9P. The third-order valence-electron chi connectivity index (χ3n) is 7.83. The van der Waals surface area contributed by atoms with E-state index < -0.39 is 67.2 Å². The van der Waals surface area contributed by atoms with Gasteiger partial charge >= 0.3 is 19.7 Å². The lowest BCUT2D eigenvalue weighted by Crippen LogP contribution is -2.69. The molecule has 18 heteroatoms. The van der Waals surface area contributed by atoms with Gasteiger partial charge in [0.15, 0.2) is 6.23 Å². The fourth-order valence-electron chi connectivity index (χ4n) is 5.52. The van der Waals surface area contributed by atoms with E-state index in [4.69, 9.17) is 23.3 Å². The molecule has 2 aliphatic rings. The number of hydrogen-bond acceptors (Lipinski definition) is 10.